The molecular formula is C17H29NO. The van der Waals surface area contributed by atoms with Gasteiger partial charge in [-0.1, -0.05) is 32.9 Å². The Hall–Kier alpha value is -1.02. The van der Waals surface area contributed by atoms with Gasteiger partial charge in [0.1, 0.15) is 5.75 Å². The van der Waals surface area contributed by atoms with Gasteiger partial charge in [-0.2, -0.15) is 0 Å². The van der Waals surface area contributed by atoms with Gasteiger partial charge in [0.05, 0.1) is 6.61 Å². The molecule has 0 aliphatic carbocycles. The van der Waals surface area contributed by atoms with Gasteiger partial charge in [0.15, 0.2) is 0 Å². The number of hydrogen-bond donors (Lipinski definition) is 1. The van der Waals surface area contributed by atoms with E-state index in [1.807, 2.05) is 6.92 Å². The fraction of sp³-hybridized carbons (Fsp3) is 0.647. The zero-order valence-corrected chi connectivity index (χ0v) is 13.0. The molecule has 1 N–H and O–H groups in total. The fourth-order valence-corrected chi connectivity index (χ4v) is 2.09. The Bertz CT molecular complexity index is 343. The molecule has 1 rings (SSSR count). The topological polar surface area (TPSA) is 21.3 Å². The standard InChI is InChI=1S/C17H29NO/c1-5-13-18-14-17(3,4)12-11-15-7-9-16(10-8-15)19-6-2/h7-10,18H,5-6,11-14H2,1-4H3. The molecule has 0 radical (unpaired) electrons. The summed E-state index contributed by atoms with van der Waals surface area (Å²) in [6.45, 7) is 11.8. The van der Waals surface area contributed by atoms with E-state index in [0.717, 1.165) is 31.9 Å². The van der Waals surface area contributed by atoms with Gasteiger partial charge in [0.2, 0.25) is 0 Å². The number of hydrogen-bond acceptors (Lipinski definition) is 2. The molecule has 0 aliphatic rings. The summed E-state index contributed by atoms with van der Waals surface area (Å²) in [7, 11) is 0. The minimum Gasteiger partial charge on any atom is -0.494 e. The lowest BCUT2D eigenvalue weighted by molar-refractivity contribution is 0.315. The van der Waals surface area contributed by atoms with Crippen molar-refractivity contribution in [3.63, 3.8) is 0 Å². The lowest BCUT2D eigenvalue weighted by Gasteiger charge is -2.25. The summed E-state index contributed by atoms with van der Waals surface area (Å²) >= 11 is 0. The van der Waals surface area contributed by atoms with Gasteiger partial charge in [-0.25, -0.2) is 0 Å². The maximum absolute atomic E-state index is 5.46. The third-order valence-electron chi connectivity index (χ3n) is 3.36. The van der Waals surface area contributed by atoms with Crippen LogP contribution in [0.2, 0.25) is 0 Å². The molecule has 19 heavy (non-hydrogen) atoms. The molecule has 1 aromatic carbocycles. The van der Waals surface area contributed by atoms with Gasteiger partial charge in [0, 0.05) is 6.54 Å². The van der Waals surface area contributed by atoms with Crippen LogP contribution in [0, 0.1) is 5.41 Å². The summed E-state index contributed by atoms with van der Waals surface area (Å²) in [5, 5.41) is 3.52. The van der Waals surface area contributed by atoms with E-state index in [4.69, 9.17) is 4.74 Å². The number of benzene rings is 1. The van der Waals surface area contributed by atoms with Crippen LogP contribution < -0.4 is 10.1 Å². The highest BCUT2D eigenvalue weighted by Gasteiger charge is 2.16. The van der Waals surface area contributed by atoms with Crippen molar-refractivity contribution < 1.29 is 4.74 Å². The Morgan fingerprint density at radius 2 is 1.79 bits per heavy atom. The second kappa shape index (κ2) is 8.21. The second-order valence-electron chi connectivity index (χ2n) is 5.92. The van der Waals surface area contributed by atoms with Crippen LogP contribution in [-0.2, 0) is 6.42 Å². The molecule has 2 nitrogen and oxygen atoms in total. The molecule has 0 fully saturated rings. The molecule has 0 spiro atoms. The van der Waals surface area contributed by atoms with E-state index in [2.05, 4.69) is 50.4 Å². The Morgan fingerprint density at radius 1 is 1.11 bits per heavy atom. The van der Waals surface area contributed by atoms with Crippen molar-refractivity contribution in [2.75, 3.05) is 19.7 Å². The summed E-state index contributed by atoms with van der Waals surface area (Å²) in [6.07, 6.45) is 3.54. The number of rotatable bonds is 9. The zero-order valence-electron chi connectivity index (χ0n) is 13.0. The van der Waals surface area contributed by atoms with E-state index in [-0.39, 0.29) is 0 Å². The van der Waals surface area contributed by atoms with Crippen molar-refractivity contribution in [2.45, 2.75) is 47.0 Å². The van der Waals surface area contributed by atoms with Crippen LogP contribution in [-0.4, -0.2) is 19.7 Å². The van der Waals surface area contributed by atoms with Gasteiger partial charge in [-0.05, 0) is 55.8 Å². The monoisotopic (exact) mass is 263 g/mol. The number of nitrogens with one attached hydrogen (secondary N) is 1. The highest BCUT2D eigenvalue weighted by atomic mass is 16.5. The summed E-state index contributed by atoms with van der Waals surface area (Å²) in [5.41, 5.74) is 1.75. The van der Waals surface area contributed by atoms with Crippen molar-refractivity contribution in [3.8, 4) is 5.75 Å². The minimum atomic E-state index is 0.355. The molecule has 2 heteroatoms. The first-order valence-electron chi connectivity index (χ1n) is 7.50. The third-order valence-corrected chi connectivity index (χ3v) is 3.36. The number of ether oxygens (including phenoxy) is 1. The number of aryl methyl sites for hydroxylation is 1. The summed E-state index contributed by atoms with van der Waals surface area (Å²) in [6, 6.07) is 8.50. The predicted octanol–water partition coefficient (Wildman–Crippen LogP) is 4.04. The van der Waals surface area contributed by atoms with E-state index in [1.165, 1.54) is 18.4 Å². The van der Waals surface area contributed by atoms with Crippen LogP contribution in [0.5, 0.6) is 5.75 Å². The normalized spacial score (nSPS) is 11.6. The Labute approximate surface area is 118 Å². The molecule has 0 atom stereocenters. The molecule has 0 aromatic heterocycles. The van der Waals surface area contributed by atoms with Crippen LogP contribution in [0.4, 0.5) is 0 Å². The first kappa shape index (κ1) is 16.0. The van der Waals surface area contributed by atoms with Gasteiger partial charge >= 0.3 is 0 Å². The Morgan fingerprint density at radius 3 is 2.37 bits per heavy atom. The first-order valence-corrected chi connectivity index (χ1v) is 7.50. The molecule has 0 amide bonds. The van der Waals surface area contributed by atoms with Crippen LogP contribution >= 0.6 is 0 Å². The third kappa shape index (κ3) is 6.63. The second-order valence-corrected chi connectivity index (χ2v) is 5.92. The molecule has 0 unspecified atom stereocenters. The Balaban J connectivity index is 2.38. The quantitative estimate of drug-likeness (QED) is 0.679. The fourth-order valence-electron chi connectivity index (χ4n) is 2.09. The lowest BCUT2D eigenvalue weighted by atomic mass is 9.86. The summed E-state index contributed by atoms with van der Waals surface area (Å²) in [5.74, 6) is 0.968. The lowest BCUT2D eigenvalue weighted by Crippen LogP contribution is -2.30. The van der Waals surface area contributed by atoms with Crippen molar-refractivity contribution in [1.82, 2.24) is 5.32 Å². The molecule has 0 aliphatic heterocycles. The van der Waals surface area contributed by atoms with E-state index in [9.17, 15) is 0 Å². The molecule has 0 saturated heterocycles. The van der Waals surface area contributed by atoms with Crippen molar-refractivity contribution in [3.05, 3.63) is 29.8 Å². The van der Waals surface area contributed by atoms with E-state index in [1.54, 1.807) is 0 Å². The molecule has 0 heterocycles. The van der Waals surface area contributed by atoms with Crippen LogP contribution in [0.3, 0.4) is 0 Å². The molecule has 108 valence electrons. The van der Waals surface area contributed by atoms with Gasteiger partial charge in [-0.3, -0.25) is 0 Å². The maximum atomic E-state index is 5.46. The SMILES string of the molecule is CCCNCC(C)(C)CCc1ccc(OCC)cc1. The molecular weight excluding hydrogens is 234 g/mol. The average molecular weight is 263 g/mol. The zero-order chi connectivity index (χ0) is 14.1. The Kier molecular flexibility index (Phi) is 6.93. The smallest absolute Gasteiger partial charge is 0.119 e. The van der Waals surface area contributed by atoms with E-state index >= 15 is 0 Å². The van der Waals surface area contributed by atoms with E-state index in [0.29, 0.717) is 5.41 Å². The predicted molar refractivity (Wildman–Crippen MR) is 82.9 cm³/mol. The minimum absolute atomic E-state index is 0.355. The summed E-state index contributed by atoms with van der Waals surface area (Å²) in [4.78, 5) is 0. The molecule has 1 aromatic rings. The molecule has 0 saturated carbocycles. The first-order chi connectivity index (χ1) is 9.07. The van der Waals surface area contributed by atoms with Crippen LogP contribution in [0.25, 0.3) is 0 Å². The largest absolute Gasteiger partial charge is 0.494 e. The van der Waals surface area contributed by atoms with Crippen molar-refractivity contribution in [1.29, 1.82) is 0 Å². The van der Waals surface area contributed by atoms with Crippen LogP contribution in [0.1, 0.15) is 46.1 Å². The van der Waals surface area contributed by atoms with Crippen molar-refractivity contribution in [2.24, 2.45) is 5.41 Å². The van der Waals surface area contributed by atoms with Gasteiger partial charge in [-0.15, -0.1) is 0 Å². The van der Waals surface area contributed by atoms with Crippen molar-refractivity contribution >= 4 is 0 Å². The average Bonchev–Trinajstić information content (AvgIpc) is 2.39. The van der Waals surface area contributed by atoms with Gasteiger partial charge < -0.3 is 10.1 Å². The summed E-state index contributed by atoms with van der Waals surface area (Å²) < 4.78 is 5.46. The highest BCUT2D eigenvalue weighted by Crippen LogP contribution is 2.23. The van der Waals surface area contributed by atoms with E-state index < -0.39 is 0 Å². The molecule has 0 bridgehead atoms. The highest BCUT2D eigenvalue weighted by molar-refractivity contribution is 5.27. The maximum Gasteiger partial charge on any atom is 0.119 e. The van der Waals surface area contributed by atoms with Gasteiger partial charge in [0.25, 0.3) is 0 Å². The van der Waals surface area contributed by atoms with Crippen LogP contribution in [0.15, 0.2) is 24.3 Å².